The Bertz CT molecular complexity index is 920. The number of nitrogens with one attached hydrogen (secondary N) is 1. The van der Waals surface area contributed by atoms with Gasteiger partial charge in [-0.25, -0.2) is 9.98 Å². The highest BCUT2D eigenvalue weighted by Crippen LogP contribution is 2.28. The van der Waals surface area contributed by atoms with Gasteiger partial charge >= 0.3 is 0 Å². The molecule has 1 atom stereocenters. The molecule has 1 fully saturated rings. The third-order valence-corrected chi connectivity index (χ3v) is 5.70. The molecule has 2 aromatic rings. The third kappa shape index (κ3) is 4.23. The quantitative estimate of drug-likeness (QED) is 0.738. The SMILES string of the molecule is CN(C)C1=CC(N)(c2cccc(Br)c2)N=C(N2CCN(c3ccccn3)CC2)N1. The summed E-state index contributed by atoms with van der Waals surface area (Å²) in [5.74, 6) is 2.76. The smallest absolute Gasteiger partial charge is 0.202 e. The molecule has 152 valence electrons. The second-order valence-corrected chi connectivity index (χ2v) is 8.40. The Morgan fingerprint density at radius 3 is 2.48 bits per heavy atom. The largest absolute Gasteiger partial charge is 0.364 e. The number of hydrogen-bond donors (Lipinski definition) is 2. The molecule has 0 amide bonds. The Morgan fingerprint density at radius 2 is 1.83 bits per heavy atom. The molecule has 0 radical (unpaired) electrons. The van der Waals surface area contributed by atoms with E-state index in [9.17, 15) is 0 Å². The van der Waals surface area contributed by atoms with Crippen LogP contribution in [-0.4, -0.2) is 61.0 Å². The van der Waals surface area contributed by atoms with Crippen LogP contribution in [0.2, 0.25) is 0 Å². The summed E-state index contributed by atoms with van der Waals surface area (Å²) in [5, 5.41) is 3.45. The van der Waals surface area contributed by atoms with Crippen molar-refractivity contribution in [1.82, 2.24) is 20.1 Å². The van der Waals surface area contributed by atoms with Gasteiger partial charge in [-0.15, -0.1) is 0 Å². The molecule has 3 N–H and O–H groups in total. The molecule has 0 aliphatic carbocycles. The Hall–Kier alpha value is -2.58. The summed E-state index contributed by atoms with van der Waals surface area (Å²) in [6.07, 6.45) is 3.81. The lowest BCUT2D eigenvalue weighted by atomic mass is 9.99. The average molecular weight is 456 g/mol. The predicted octanol–water partition coefficient (Wildman–Crippen LogP) is 2.14. The van der Waals surface area contributed by atoms with Crippen molar-refractivity contribution in [1.29, 1.82) is 0 Å². The number of piperazine rings is 1. The second-order valence-electron chi connectivity index (χ2n) is 7.48. The fourth-order valence-corrected chi connectivity index (χ4v) is 3.96. The molecular formula is C21H26BrN7. The highest BCUT2D eigenvalue weighted by atomic mass is 79.9. The maximum absolute atomic E-state index is 6.79. The van der Waals surface area contributed by atoms with E-state index in [0.29, 0.717) is 0 Å². The Morgan fingerprint density at radius 1 is 1.07 bits per heavy atom. The first-order chi connectivity index (χ1) is 13.9. The van der Waals surface area contributed by atoms with Crippen LogP contribution in [0.5, 0.6) is 0 Å². The minimum absolute atomic E-state index is 0.805. The van der Waals surface area contributed by atoms with E-state index in [4.69, 9.17) is 10.7 Å². The number of aliphatic imine (C=N–C) groups is 1. The summed E-state index contributed by atoms with van der Waals surface area (Å²) in [6, 6.07) is 14.0. The van der Waals surface area contributed by atoms with Crippen molar-refractivity contribution in [2.75, 3.05) is 45.2 Å². The molecule has 7 nitrogen and oxygen atoms in total. The van der Waals surface area contributed by atoms with E-state index < -0.39 is 5.66 Å². The Balaban J connectivity index is 1.58. The van der Waals surface area contributed by atoms with E-state index in [1.807, 2.05) is 67.7 Å². The third-order valence-electron chi connectivity index (χ3n) is 5.21. The monoisotopic (exact) mass is 455 g/mol. The number of pyridine rings is 1. The average Bonchev–Trinajstić information content (AvgIpc) is 2.74. The summed E-state index contributed by atoms with van der Waals surface area (Å²) in [4.78, 5) is 16.0. The summed E-state index contributed by atoms with van der Waals surface area (Å²) < 4.78 is 0.985. The van der Waals surface area contributed by atoms with Gasteiger partial charge in [0, 0.05) is 57.0 Å². The fourth-order valence-electron chi connectivity index (χ4n) is 3.56. The zero-order chi connectivity index (χ0) is 20.4. The number of guanidine groups is 1. The lowest BCUT2D eigenvalue weighted by molar-refractivity contribution is 0.352. The molecule has 29 heavy (non-hydrogen) atoms. The van der Waals surface area contributed by atoms with E-state index in [1.54, 1.807) is 0 Å². The molecule has 0 spiro atoms. The van der Waals surface area contributed by atoms with Crippen LogP contribution in [0.25, 0.3) is 0 Å². The summed E-state index contributed by atoms with van der Waals surface area (Å²) >= 11 is 3.54. The minimum atomic E-state index is -0.928. The van der Waals surface area contributed by atoms with Gasteiger partial charge < -0.3 is 20.0 Å². The number of nitrogens with zero attached hydrogens (tertiary/aromatic N) is 5. The standard InChI is InChI=1S/C21H26BrN7/c1-27(2)19-15-21(23,16-6-5-7-17(22)14-16)26-20(25-19)29-12-10-28(11-13-29)18-8-3-4-9-24-18/h3-9,14-15H,10-13,23H2,1-2H3,(H,25,26). The molecule has 8 heteroatoms. The molecule has 1 saturated heterocycles. The first kappa shape index (κ1) is 19.7. The lowest BCUT2D eigenvalue weighted by Crippen LogP contribution is -2.56. The molecule has 1 aromatic carbocycles. The van der Waals surface area contributed by atoms with Crippen LogP contribution in [0, 0.1) is 0 Å². The van der Waals surface area contributed by atoms with Crippen LogP contribution >= 0.6 is 15.9 Å². The molecule has 1 unspecified atom stereocenters. The van der Waals surface area contributed by atoms with Gasteiger partial charge in [-0.05, 0) is 29.8 Å². The molecule has 2 aliphatic heterocycles. The highest BCUT2D eigenvalue weighted by Gasteiger charge is 2.33. The molecule has 4 rings (SSSR count). The number of halogens is 1. The van der Waals surface area contributed by atoms with Crippen molar-refractivity contribution < 1.29 is 0 Å². The molecule has 1 aromatic heterocycles. The molecular weight excluding hydrogens is 430 g/mol. The molecule has 2 aliphatic rings. The highest BCUT2D eigenvalue weighted by molar-refractivity contribution is 9.10. The van der Waals surface area contributed by atoms with Crippen molar-refractivity contribution in [2.24, 2.45) is 10.7 Å². The van der Waals surface area contributed by atoms with Crippen molar-refractivity contribution >= 4 is 27.7 Å². The normalized spacial score (nSPS) is 21.9. The number of hydrogen-bond acceptors (Lipinski definition) is 7. The van der Waals surface area contributed by atoms with Crippen LogP contribution in [0.4, 0.5) is 5.82 Å². The Labute approximate surface area is 180 Å². The zero-order valence-corrected chi connectivity index (χ0v) is 18.3. The van der Waals surface area contributed by atoms with Crippen LogP contribution in [0.1, 0.15) is 5.56 Å². The van der Waals surface area contributed by atoms with E-state index in [0.717, 1.165) is 53.8 Å². The zero-order valence-electron chi connectivity index (χ0n) is 16.7. The van der Waals surface area contributed by atoms with Gasteiger partial charge in [0.05, 0.1) is 0 Å². The van der Waals surface area contributed by atoms with Crippen molar-refractivity contribution in [3.8, 4) is 0 Å². The van der Waals surface area contributed by atoms with Crippen LogP contribution in [0.3, 0.4) is 0 Å². The minimum Gasteiger partial charge on any atom is -0.364 e. The topological polar surface area (TPSA) is 73.0 Å². The van der Waals surface area contributed by atoms with Crippen molar-refractivity contribution in [3.05, 3.63) is 70.6 Å². The predicted molar refractivity (Wildman–Crippen MR) is 120 cm³/mol. The van der Waals surface area contributed by atoms with Gasteiger partial charge in [0.25, 0.3) is 0 Å². The van der Waals surface area contributed by atoms with Gasteiger partial charge in [0.15, 0.2) is 5.66 Å². The first-order valence-corrected chi connectivity index (χ1v) is 10.5. The fraction of sp³-hybridized carbons (Fsp3) is 0.333. The summed E-state index contributed by atoms with van der Waals surface area (Å²) in [7, 11) is 4.00. The summed E-state index contributed by atoms with van der Waals surface area (Å²) in [5.41, 5.74) is 6.81. The van der Waals surface area contributed by atoms with Crippen LogP contribution in [0.15, 0.2) is 70.0 Å². The summed E-state index contributed by atoms with van der Waals surface area (Å²) in [6.45, 7) is 3.45. The van der Waals surface area contributed by atoms with Gasteiger partial charge in [-0.2, -0.15) is 0 Å². The van der Waals surface area contributed by atoms with Crippen molar-refractivity contribution in [2.45, 2.75) is 5.66 Å². The van der Waals surface area contributed by atoms with Gasteiger partial charge in [0.1, 0.15) is 11.6 Å². The van der Waals surface area contributed by atoms with Crippen LogP contribution in [-0.2, 0) is 5.66 Å². The van der Waals surface area contributed by atoms with E-state index in [2.05, 4.69) is 42.1 Å². The number of rotatable bonds is 3. The van der Waals surface area contributed by atoms with E-state index >= 15 is 0 Å². The maximum atomic E-state index is 6.79. The lowest BCUT2D eigenvalue weighted by Gasteiger charge is -2.41. The molecule has 3 heterocycles. The van der Waals surface area contributed by atoms with Crippen LogP contribution < -0.4 is 16.0 Å². The Kier molecular flexibility index (Phi) is 5.47. The number of nitrogens with two attached hydrogens (primary N) is 1. The van der Waals surface area contributed by atoms with Crippen molar-refractivity contribution in [3.63, 3.8) is 0 Å². The second kappa shape index (κ2) is 8.04. The molecule has 0 bridgehead atoms. The first-order valence-electron chi connectivity index (χ1n) is 9.67. The van der Waals surface area contributed by atoms with Gasteiger partial charge in [0.2, 0.25) is 5.96 Å². The maximum Gasteiger partial charge on any atom is 0.202 e. The van der Waals surface area contributed by atoms with Gasteiger partial charge in [-0.3, -0.25) is 5.73 Å². The van der Waals surface area contributed by atoms with E-state index in [1.165, 1.54) is 0 Å². The number of benzene rings is 1. The molecule has 0 saturated carbocycles. The number of anilines is 1. The van der Waals surface area contributed by atoms with E-state index in [-0.39, 0.29) is 0 Å². The number of aromatic nitrogens is 1. The van der Waals surface area contributed by atoms with Gasteiger partial charge in [-0.1, -0.05) is 34.1 Å².